The molecule has 0 saturated carbocycles. The summed E-state index contributed by atoms with van der Waals surface area (Å²) < 4.78 is 0. The lowest BCUT2D eigenvalue weighted by atomic mass is 9.90. The van der Waals surface area contributed by atoms with E-state index in [0.717, 1.165) is 6.42 Å². The van der Waals surface area contributed by atoms with Gasteiger partial charge in [0.1, 0.15) is 0 Å². The Labute approximate surface area is 119 Å². The highest BCUT2D eigenvalue weighted by molar-refractivity contribution is 5.83. The highest BCUT2D eigenvalue weighted by Crippen LogP contribution is 2.28. The Morgan fingerprint density at radius 3 is 2.60 bits per heavy atom. The summed E-state index contributed by atoms with van der Waals surface area (Å²) >= 11 is 0. The number of para-hydroxylation sites is 1. The second-order valence-electron chi connectivity index (χ2n) is 5.35. The van der Waals surface area contributed by atoms with Crippen molar-refractivity contribution in [2.75, 3.05) is 6.54 Å². The number of benzene rings is 2. The van der Waals surface area contributed by atoms with Gasteiger partial charge >= 0.3 is 0 Å². The molecule has 0 radical (unpaired) electrons. The molecule has 0 aliphatic carbocycles. The number of H-pyrrole nitrogens is 1. The van der Waals surface area contributed by atoms with Gasteiger partial charge < -0.3 is 10.7 Å². The smallest absolute Gasteiger partial charge is 0.0456 e. The number of hydrogen-bond donors (Lipinski definition) is 2. The molecule has 0 bridgehead atoms. The summed E-state index contributed by atoms with van der Waals surface area (Å²) in [7, 11) is 0. The second-order valence-corrected chi connectivity index (χ2v) is 5.35. The number of nitrogens with two attached hydrogens (primary N) is 1. The van der Waals surface area contributed by atoms with Crippen molar-refractivity contribution in [1.82, 2.24) is 4.98 Å². The lowest BCUT2D eigenvalue weighted by molar-refractivity contribution is 0.697. The lowest BCUT2D eigenvalue weighted by Gasteiger charge is -2.16. The van der Waals surface area contributed by atoms with E-state index in [9.17, 15) is 0 Å². The maximum atomic E-state index is 6.04. The van der Waals surface area contributed by atoms with Gasteiger partial charge in [-0.25, -0.2) is 0 Å². The molecule has 2 aromatic carbocycles. The third-order valence-corrected chi connectivity index (χ3v) is 4.07. The molecule has 20 heavy (non-hydrogen) atoms. The van der Waals surface area contributed by atoms with Crippen LogP contribution in [0.15, 0.2) is 54.7 Å². The van der Waals surface area contributed by atoms with Gasteiger partial charge in [-0.2, -0.15) is 0 Å². The molecule has 1 atom stereocenters. The van der Waals surface area contributed by atoms with Crippen molar-refractivity contribution in [3.05, 3.63) is 71.4 Å². The normalized spacial score (nSPS) is 12.7. The summed E-state index contributed by atoms with van der Waals surface area (Å²) in [5, 5.41) is 1.29. The molecule has 0 aliphatic heterocycles. The van der Waals surface area contributed by atoms with Crippen molar-refractivity contribution in [3.8, 4) is 0 Å². The van der Waals surface area contributed by atoms with Crippen LogP contribution in [0, 0.1) is 6.92 Å². The Morgan fingerprint density at radius 1 is 1.05 bits per heavy atom. The van der Waals surface area contributed by atoms with E-state index >= 15 is 0 Å². The van der Waals surface area contributed by atoms with Crippen molar-refractivity contribution >= 4 is 10.9 Å². The van der Waals surface area contributed by atoms with Gasteiger partial charge in [-0.05, 0) is 42.6 Å². The fourth-order valence-corrected chi connectivity index (χ4v) is 2.86. The first-order valence-electron chi connectivity index (χ1n) is 7.10. The minimum absolute atomic E-state index is 0.354. The van der Waals surface area contributed by atoms with Crippen LogP contribution in [0.1, 0.15) is 22.6 Å². The number of aromatic nitrogens is 1. The standard InChI is InChI=1S/C18H20N2/c1-13-6-2-3-7-14(13)10-15(11-19)17-12-20-18-9-5-4-8-16(17)18/h2-9,12,15,20H,10-11,19H2,1H3. The van der Waals surface area contributed by atoms with Crippen molar-refractivity contribution in [2.24, 2.45) is 5.73 Å². The molecule has 0 aliphatic rings. The Balaban J connectivity index is 1.96. The number of aromatic amines is 1. The zero-order chi connectivity index (χ0) is 13.9. The summed E-state index contributed by atoms with van der Waals surface area (Å²) in [6.45, 7) is 2.83. The van der Waals surface area contributed by atoms with Gasteiger partial charge in [-0.3, -0.25) is 0 Å². The molecular formula is C18H20N2. The molecule has 0 saturated heterocycles. The molecule has 102 valence electrons. The molecule has 2 nitrogen and oxygen atoms in total. The van der Waals surface area contributed by atoms with Gasteiger partial charge in [0, 0.05) is 23.0 Å². The average molecular weight is 264 g/mol. The first-order valence-corrected chi connectivity index (χ1v) is 7.10. The van der Waals surface area contributed by atoms with Crippen LogP contribution in [0.25, 0.3) is 10.9 Å². The number of rotatable bonds is 4. The molecule has 1 unspecified atom stereocenters. The molecule has 1 heterocycles. The van der Waals surface area contributed by atoms with Crippen molar-refractivity contribution in [1.29, 1.82) is 0 Å². The molecule has 3 aromatic rings. The largest absolute Gasteiger partial charge is 0.361 e. The number of aryl methyl sites for hydroxylation is 1. The fraction of sp³-hybridized carbons (Fsp3) is 0.222. The first kappa shape index (κ1) is 12.9. The minimum Gasteiger partial charge on any atom is -0.361 e. The van der Waals surface area contributed by atoms with Crippen LogP contribution in [0.2, 0.25) is 0 Å². The summed E-state index contributed by atoms with van der Waals surface area (Å²) in [5.41, 5.74) is 11.3. The van der Waals surface area contributed by atoms with Gasteiger partial charge in [-0.1, -0.05) is 42.5 Å². The molecule has 3 N–H and O–H groups in total. The Hall–Kier alpha value is -2.06. The number of hydrogen-bond acceptors (Lipinski definition) is 1. The van der Waals surface area contributed by atoms with E-state index in [1.807, 2.05) is 0 Å². The second kappa shape index (κ2) is 5.51. The Kier molecular flexibility index (Phi) is 3.57. The number of fused-ring (bicyclic) bond motifs is 1. The maximum Gasteiger partial charge on any atom is 0.0456 e. The van der Waals surface area contributed by atoms with E-state index in [2.05, 4.69) is 66.6 Å². The lowest BCUT2D eigenvalue weighted by Crippen LogP contribution is -2.15. The quantitative estimate of drug-likeness (QED) is 0.740. The van der Waals surface area contributed by atoms with E-state index in [1.165, 1.54) is 27.6 Å². The Morgan fingerprint density at radius 2 is 1.80 bits per heavy atom. The van der Waals surface area contributed by atoms with Crippen LogP contribution < -0.4 is 5.73 Å². The van der Waals surface area contributed by atoms with E-state index in [-0.39, 0.29) is 0 Å². The minimum atomic E-state index is 0.354. The highest BCUT2D eigenvalue weighted by atomic mass is 14.7. The Bertz CT molecular complexity index is 712. The zero-order valence-corrected chi connectivity index (χ0v) is 11.8. The van der Waals surface area contributed by atoms with Crippen LogP contribution in [0.4, 0.5) is 0 Å². The summed E-state index contributed by atoms with van der Waals surface area (Å²) in [6.07, 6.45) is 3.10. The SMILES string of the molecule is Cc1ccccc1CC(CN)c1c[nH]c2ccccc12. The molecule has 2 heteroatoms. The van der Waals surface area contributed by atoms with Gasteiger partial charge in [0.05, 0.1) is 0 Å². The predicted octanol–water partition coefficient (Wildman–Crippen LogP) is 3.76. The third kappa shape index (κ3) is 2.35. The van der Waals surface area contributed by atoms with E-state index in [4.69, 9.17) is 5.73 Å². The third-order valence-electron chi connectivity index (χ3n) is 4.07. The van der Waals surface area contributed by atoms with E-state index in [0.29, 0.717) is 12.5 Å². The van der Waals surface area contributed by atoms with Crippen LogP contribution in [0.5, 0.6) is 0 Å². The molecule has 0 spiro atoms. The topological polar surface area (TPSA) is 41.8 Å². The van der Waals surface area contributed by atoms with Crippen molar-refractivity contribution in [3.63, 3.8) is 0 Å². The molecule has 0 fully saturated rings. The molecule has 3 rings (SSSR count). The van der Waals surface area contributed by atoms with Crippen LogP contribution >= 0.6 is 0 Å². The maximum absolute atomic E-state index is 6.04. The predicted molar refractivity (Wildman–Crippen MR) is 85.0 cm³/mol. The first-order chi connectivity index (χ1) is 9.79. The molecular weight excluding hydrogens is 244 g/mol. The number of nitrogens with one attached hydrogen (secondary N) is 1. The van der Waals surface area contributed by atoms with E-state index in [1.54, 1.807) is 0 Å². The zero-order valence-electron chi connectivity index (χ0n) is 11.8. The summed E-state index contributed by atoms with van der Waals surface area (Å²) in [6, 6.07) is 17.0. The van der Waals surface area contributed by atoms with E-state index < -0.39 is 0 Å². The summed E-state index contributed by atoms with van der Waals surface area (Å²) in [5.74, 6) is 0.354. The van der Waals surface area contributed by atoms with Crippen LogP contribution in [-0.4, -0.2) is 11.5 Å². The van der Waals surface area contributed by atoms with Gasteiger partial charge in [0.25, 0.3) is 0 Å². The fourth-order valence-electron chi connectivity index (χ4n) is 2.86. The molecule has 0 amide bonds. The van der Waals surface area contributed by atoms with Crippen LogP contribution in [-0.2, 0) is 6.42 Å². The van der Waals surface area contributed by atoms with Crippen LogP contribution in [0.3, 0.4) is 0 Å². The van der Waals surface area contributed by atoms with Crippen molar-refractivity contribution < 1.29 is 0 Å². The van der Waals surface area contributed by atoms with Crippen molar-refractivity contribution in [2.45, 2.75) is 19.3 Å². The monoisotopic (exact) mass is 264 g/mol. The average Bonchev–Trinajstić information content (AvgIpc) is 2.90. The van der Waals surface area contributed by atoms with Gasteiger partial charge in [0.2, 0.25) is 0 Å². The van der Waals surface area contributed by atoms with Gasteiger partial charge in [0.15, 0.2) is 0 Å². The van der Waals surface area contributed by atoms with Gasteiger partial charge in [-0.15, -0.1) is 0 Å². The highest BCUT2D eigenvalue weighted by Gasteiger charge is 2.15. The summed E-state index contributed by atoms with van der Waals surface area (Å²) in [4.78, 5) is 3.35. The molecule has 1 aromatic heterocycles.